The lowest BCUT2D eigenvalue weighted by molar-refractivity contribution is 0.262. The fraction of sp³-hybridized carbons (Fsp3) is 0.0909. The molecule has 0 aliphatic rings. The lowest BCUT2D eigenvalue weighted by Crippen LogP contribution is -2.20. The Bertz CT molecular complexity index is 1240. The van der Waals surface area contributed by atoms with Crippen molar-refractivity contribution in [3.05, 3.63) is 60.8 Å². The van der Waals surface area contributed by atoms with Gasteiger partial charge >= 0.3 is 6.03 Å². The van der Waals surface area contributed by atoms with Crippen LogP contribution >= 0.6 is 0 Å². The van der Waals surface area contributed by atoms with Crippen LogP contribution in [0.25, 0.3) is 22.4 Å². The third-order valence-electron chi connectivity index (χ3n) is 4.47. The molecule has 156 valence electrons. The van der Waals surface area contributed by atoms with Gasteiger partial charge in [0.25, 0.3) is 0 Å². The second kappa shape index (κ2) is 8.54. The average molecular weight is 417 g/mol. The summed E-state index contributed by atoms with van der Waals surface area (Å²) >= 11 is 0. The first-order valence-electron chi connectivity index (χ1n) is 9.29. The molecular formula is C22H19N5O4. The molecule has 2 aromatic carbocycles. The minimum atomic E-state index is -0.460. The van der Waals surface area contributed by atoms with E-state index < -0.39 is 6.03 Å². The Morgan fingerprint density at radius 1 is 0.935 bits per heavy atom. The second-order valence-corrected chi connectivity index (χ2v) is 6.49. The molecule has 9 nitrogen and oxygen atoms in total. The molecule has 0 fully saturated rings. The number of pyridine rings is 1. The number of benzene rings is 2. The van der Waals surface area contributed by atoms with E-state index in [0.717, 1.165) is 5.56 Å². The van der Waals surface area contributed by atoms with Crippen LogP contribution in [0.15, 0.2) is 60.8 Å². The maximum atomic E-state index is 12.3. The number of urea groups is 1. The van der Waals surface area contributed by atoms with Crippen molar-refractivity contribution in [2.24, 2.45) is 0 Å². The molecule has 2 aromatic heterocycles. The van der Waals surface area contributed by atoms with E-state index in [2.05, 4.69) is 25.6 Å². The number of amides is 2. The Balaban J connectivity index is 1.54. The van der Waals surface area contributed by atoms with Gasteiger partial charge in [-0.2, -0.15) is 0 Å². The number of hydrogen-bond donors (Lipinski definition) is 3. The highest BCUT2D eigenvalue weighted by molar-refractivity contribution is 5.99. The van der Waals surface area contributed by atoms with Gasteiger partial charge in [0.15, 0.2) is 23.0 Å². The van der Waals surface area contributed by atoms with Gasteiger partial charge in [-0.3, -0.25) is 5.32 Å². The highest BCUT2D eigenvalue weighted by Gasteiger charge is 2.10. The Hall–Kier alpha value is -4.40. The summed E-state index contributed by atoms with van der Waals surface area (Å²) in [5.41, 5.74) is 2.92. The molecule has 3 N–H and O–H groups in total. The molecule has 0 atom stereocenters. The third-order valence-corrected chi connectivity index (χ3v) is 4.47. The number of ether oxygens (including phenoxy) is 2. The summed E-state index contributed by atoms with van der Waals surface area (Å²) < 4.78 is 10.3. The number of phenols is 1. The highest BCUT2D eigenvalue weighted by atomic mass is 16.5. The van der Waals surface area contributed by atoms with Crippen LogP contribution in [-0.4, -0.2) is 40.3 Å². The number of nitrogens with one attached hydrogen (secondary N) is 2. The molecule has 0 unspecified atom stereocenters. The van der Waals surface area contributed by atoms with E-state index in [0.29, 0.717) is 34.0 Å². The van der Waals surface area contributed by atoms with Crippen LogP contribution in [0.3, 0.4) is 0 Å². The summed E-state index contributed by atoms with van der Waals surface area (Å²) in [6.45, 7) is 0. The maximum absolute atomic E-state index is 12.3. The van der Waals surface area contributed by atoms with Crippen molar-refractivity contribution >= 4 is 28.7 Å². The number of phenolic OH excluding ortho intramolecular Hbond substituents is 1. The number of fused-ring (bicyclic) bond motifs is 1. The lowest BCUT2D eigenvalue weighted by atomic mass is 10.1. The van der Waals surface area contributed by atoms with Crippen molar-refractivity contribution in [1.82, 2.24) is 15.0 Å². The molecule has 0 saturated heterocycles. The summed E-state index contributed by atoms with van der Waals surface area (Å²) in [5, 5.41) is 15.1. The average Bonchev–Trinajstić information content (AvgIpc) is 2.79. The zero-order chi connectivity index (χ0) is 21.8. The number of carbonyl (C=O) groups excluding carboxylic acids is 1. The summed E-state index contributed by atoms with van der Waals surface area (Å²) in [6.07, 6.45) is 1.46. The van der Waals surface area contributed by atoms with Gasteiger partial charge in [-0.1, -0.05) is 0 Å². The number of methoxy groups -OCH3 is 2. The zero-order valence-electron chi connectivity index (χ0n) is 16.8. The summed E-state index contributed by atoms with van der Waals surface area (Å²) in [4.78, 5) is 25.5. The fourth-order valence-electron chi connectivity index (χ4n) is 2.91. The van der Waals surface area contributed by atoms with E-state index in [1.165, 1.54) is 19.4 Å². The van der Waals surface area contributed by atoms with Crippen LogP contribution in [0.5, 0.6) is 17.2 Å². The monoisotopic (exact) mass is 417 g/mol. The third kappa shape index (κ3) is 4.45. The molecule has 2 amide bonds. The first kappa shape index (κ1) is 19.9. The summed E-state index contributed by atoms with van der Waals surface area (Å²) in [5.74, 6) is 1.34. The number of nitrogens with zero attached hydrogens (tertiary/aromatic N) is 3. The zero-order valence-corrected chi connectivity index (χ0v) is 16.8. The van der Waals surface area contributed by atoms with E-state index in [4.69, 9.17) is 9.47 Å². The number of aromatic hydroxyl groups is 1. The molecular weight excluding hydrogens is 398 g/mol. The number of aromatic nitrogens is 3. The summed E-state index contributed by atoms with van der Waals surface area (Å²) in [6, 6.07) is 15.0. The molecule has 0 radical (unpaired) electrons. The smallest absolute Gasteiger partial charge is 0.324 e. The molecule has 0 bridgehead atoms. The highest BCUT2D eigenvalue weighted by Crippen LogP contribution is 2.31. The molecule has 4 aromatic rings. The molecule has 31 heavy (non-hydrogen) atoms. The van der Waals surface area contributed by atoms with Crippen LogP contribution in [0.4, 0.5) is 16.3 Å². The second-order valence-electron chi connectivity index (χ2n) is 6.49. The normalized spacial score (nSPS) is 10.5. The van der Waals surface area contributed by atoms with Gasteiger partial charge < -0.3 is 19.9 Å². The van der Waals surface area contributed by atoms with Crippen molar-refractivity contribution in [2.45, 2.75) is 0 Å². The van der Waals surface area contributed by atoms with Gasteiger partial charge in [-0.05, 0) is 54.6 Å². The van der Waals surface area contributed by atoms with Crippen molar-refractivity contribution in [1.29, 1.82) is 0 Å². The predicted molar refractivity (Wildman–Crippen MR) is 117 cm³/mol. The van der Waals surface area contributed by atoms with Crippen LogP contribution < -0.4 is 20.1 Å². The number of carbonyl (C=O) groups is 1. The SMILES string of the molecule is COc1ccc(NC(=O)Nc2cnc3ccc(-c4ccc(O)c(OC)c4)nc3n2)cc1. The lowest BCUT2D eigenvalue weighted by Gasteiger charge is -2.09. The van der Waals surface area contributed by atoms with Crippen LogP contribution in [0.1, 0.15) is 0 Å². The molecule has 2 heterocycles. The van der Waals surface area contributed by atoms with Crippen molar-refractivity contribution in [2.75, 3.05) is 24.9 Å². The van der Waals surface area contributed by atoms with Crippen LogP contribution in [0, 0.1) is 0 Å². The van der Waals surface area contributed by atoms with Gasteiger partial charge in [-0.25, -0.2) is 19.7 Å². The fourth-order valence-corrected chi connectivity index (χ4v) is 2.91. The topological polar surface area (TPSA) is 118 Å². The van der Waals surface area contributed by atoms with Gasteiger partial charge in [0, 0.05) is 11.3 Å². The molecule has 9 heteroatoms. The Labute approximate surface area is 177 Å². The van der Waals surface area contributed by atoms with Gasteiger partial charge in [-0.15, -0.1) is 0 Å². The largest absolute Gasteiger partial charge is 0.504 e. The first-order valence-corrected chi connectivity index (χ1v) is 9.29. The minimum Gasteiger partial charge on any atom is -0.504 e. The standard InChI is InChI=1S/C22H19N5O4/c1-30-15-6-4-14(5-7-15)24-22(29)27-20-12-23-17-9-8-16(25-21(17)26-20)13-3-10-18(28)19(11-13)31-2/h3-12,28H,1-2H3,(H2,24,25,26,27,29). The molecule has 0 spiro atoms. The van der Waals surface area contributed by atoms with Crippen molar-refractivity contribution in [3.63, 3.8) is 0 Å². The Morgan fingerprint density at radius 3 is 2.48 bits per heavy atom. The van der Waals surface area contributed by atoms with Gasteiger partial charge in [0.2, 0.25) is 0 Å². The van der Waals surface area contributed by atoms with Crippen molar-refractivity contribution < 1.29 is 19.4 Å². The van der Waals surface area contributed by atoms with Crippen molar-refractivity contribution in [3.8, 4) is 28.5 Å². The quantitative estimate of drug-likeness (QED) is 0.448. The number of anilines is 2. The molecule has 0 saturated carbocycles. The van der Waals surface area contributed by atoms with E-state index in [1.807, 2.05) is 0 Å². The maximum Gasteiger partial charge on any atom is 0.324 e. The minimum absolute atomic E-state index is 0.0428. The Morgan fingerprint density at radius 2 is 1.74 bits per heavy atom. The first-order chi connectivity index (χ1) is 15.1. The van der Waals surface area contributed by atoms with Crippen LogP contribution in [-0.2, 0) is 0 Å². The number of hydrogen-bond acceptors (Lipinski definition) is 7. The van der Waals surface area contributed by atoms with E-state index in [-0.39, 0.29) is 11.6 Å². The van der Waals surface area contributed by atoms with Gasteiger partial charge in [0.05, 0.1) is 26.1 Å². The molecule has 0 aliphatic heterocycles. The number of rotatable bonds is 5. The van der Waals surface area contributed by atoms with E-state index in [9.17, 15) is 9.90 Å². The van der Waals surface area contributed by atoms with E-state index >= 15 is 0 Å². The Kier molecular flexibility index (Phi) is 5.48. The van der Waals surface area contributed by atoms with Gasteiger partial charge in [0.1, 0.15) is 11.3 Å². The van der Waals surface area contributed by atoms with E-state index in [1.54, 1.807) is 55.6 Å². The van der Waals surface area contributed by atoms with Crippen LogP contribution in [0.2, 0.25) is 0 Å². The summed E-state index contributed by atoms with van der Waals surface area (Å²) in [7, 11) is 3.05. The molecule has 0 aliphatic carbocycles. The predicted octanol–water partition coefficient (Wildman–Crippen LogP) is 4.06. The molecule has 4 rings (SSSR count).